The van der Waals surface area contributed by atoms with E-state index >= 15 is 0 Å². The molecule has 0 atom stereocenters. The fraction of sp³-hybridized carbons (Fsp3) is 0.364. The minimum absolute atomic E-state index is 0.0842. The van der Waals surface area contributed by atoms with Crippen molar-refractivity contribution in [1.82, 2.24) is 5.32 Å². The van der Waals surface area contributed by atoms with Gasteiger partial charge >= 0.3 is 0 Å². The molecule has 2 aromatic rings. The zero-order valence-electron chi connectivity index (χ0n) is 15.7. The van der Waals surface area contributed by atoms with Crippen molar-refractivity contribution >= 4 is 17.5 Å². The van der Waals surface area contributed by atoms with Crippen molar-refractivity contribution in [2.24, 2.45) is 0 Å². The highest BCUT2D eigenvalue weighted by Crippen LogP contribution is 2.19. The number of carbonyl (C=O) groups is 2. The number of nitrogens with one attached hydrogen (secondary N) is 2. The van der Waals surface area contributed by atoms with Crippen LogP contribution in [0.25, 0.3) is 0 Å². The van der Waals surface area contributed by atoms with Gasteiger partial charge in [0.2, 0.25) is 0 Å². The SMILES string of the molecule is CCOc1ccc(C(=O)Nc2cccc(C(=O)NC3CCCCC3)c2)cc1. The Morgan fingerprint density at radius 2 is 1.70 bits per heavy atom. The van der Waals surface area contributed by atoms with Crippen LogP contribution >= 0.6 is 0 Å². The van der Waals surface area contributed by atoms with E-state index in [1.54, 1.807) is 48.5 Å². The zero-order chi connectivity index (χ0) is 19.1. The third-order valence-electron chi connectivity index (χ3n) is 4.75. The minimum atomic E-state index is -0.220. The van der Waals surface area contributed by atoms with Crippen molar-refractivity contribution in [2.45, 2.75) is 45.1 Å². The van der Waals surface area contributed by atoms with Crippen LogP contribution in [0.1, 0.15) is 59.7 Å². The molecule has 0 radical (unpaired) electrons. The van der Waals surface area contributed by atoms with Gasteiger partial charge in [0.05, 0.1) is 6.61 Å². The Morgan fingerprint density at radius 1 is 0.963 bits per heavy atom. The molecular formula is C22H26N2O3. The Hall–Kier alpha value is -2.82. The number of rotatable bonds is 6. The third kappa shape index (κ3) is 5.33. The standard InChI is InChI=1S/C22H26N2O3/c1-2-27-20-13-11-16(12-14-20)21(25)24-19-10-6-7-17(15-19)22(26)23-18-8-4-3-5-9-18/h6-7,10-15,18H,2-5,8-9H2,1H3,(H,23,26)(H,24,25). The molecule has 5 nitrogen and oxygen atoms in total. The van der Waals surface area contributed by atoms with Gasteiger partial charge in [0.25, 0.3) is 11.8 Å². The van der Waals surface area contributed by atoms with Crippen LogP contribution in [0.3, 0.4) is 0 Å². The maximum Gasteiger partial charge on any atom is 0.255 e. The second-order valence-electron chi connectivity index (χ2n) is 6.80. The van der Waals surface area contributed by atoms with Crippen LogP contribution in [0.2, 0.25) is 0 Å². The van der Waals surface area contributed by atoms with Gasteiger partial charge in [-0.2, -0.15) is 0 Å². The molecule has 2 N–H and O–H groups in total. The van der Waals surface area contributed by atoms with Crippen LogP contribution in [-0.4, -0.2) is 24.5 Å². The van der Waals surface area contributed by atoms with Crippen LogP contribution in [0.5, 0.6) is 5.75 Å². The highest BCUT2D eigenvalue weighted by atomic mass is 16.5. The summed E-state index contributed by atoms with van der Waals surface area (Å²) in [5.74, 6) is 0.428. The number of carbonyl (C=O) groups excluding carboxylic acids is 2. The average Bonchev–Trinajstić information content (AvgIpc) is 2.70. The van der Waals surface area contributed by atoms with Crippen LogP contribution < -0.4 is 15.4 Å². The summed E-state index contributed by atoms with van der Waals surface area (Å²) >= 11 is 0. The molecule has 2 amide bonds. The van der Waals surface area contributed by atoms with E-state index in [0.29, 0.717) is 23.4 Å². The van der Waals surface area contributed by atoms with Crippen LogP contribution in [0.15, 0.2) is 48.5 Å². The summed E-state index contributed by atoms with van der Waals surface area (Å²) in [5, 5.41) is 5.95. The van der Waals surface area contributed by atoms with E-state index in [4.69, 9.17) is 4.74 Å². The van der Waals surface area contributed by atoms with Gasteiger partial charge in [0.15, 0.2) is 0 Å². The monoisotopic (exact) mass is 366 g/mol. The van der Waals surface area contributed by atoms with Gasteiger partial charge in [-0.15, -0.1) is 0 Å². The predicted octanol–water partition coefficient (Wildman–Crippen LogP) is 4.40. The fourth-order valence-electron chi connectivity index (χ4n) is 3.33. The Balaban J connectivity index is 1.62. The van der Waals surface area contributed by atoms with Gasteiger partial charge in [0, 0.05) is 22.9 Å². The topological polar surface area (TPSA) is 67.4 Å². The highest BCUT2D eigenvalue weighted by molar-refractivity contribution is 6.05. The largest absolute Gasteiger partial charge is 0.494 e. The summed E-state index contributed by atoms with van der Waals surface area (Å²) in [5.41, 5.74) is 1.70. The molecule has 0 saturated heterocycles. The average molecular weight is 366 g/mol. The molecule has 142 valence electrons. The number of benzene rings is 2. The summed E-state index contributed by atoms with van der Waals surface area (Å²) < 4.78 is 5.39. The Morgan fingerprint density at radius 3 is 2.41 bits per heavy atom. The lowest BCUT2D eigenvalue weighted by molar-refractivity contribution is 0.0926. The molecule has 1 saturated carbocycles. The van der Waals surface area contributed by atoms with Crippen molar-refractivity contribution in [3.05, 3.63) is 59.7 Å². The number of hydrogen-bond donors (Lipinski definition) is 2. The van der Waals surface area contributed by atoms with Crippen molar-refractivity contribution in [3.63, 3.8) is 0 Å². The first-order chi connectivity index (χ1) is 13.2. The quantitative estimate of drug-likeness (QED) is 0.796. The fourth-order valence-corrected chi connectivity index (χ4v) is 3.33. The first-order valence-electron chi connectivity index (χ1n) is 9.61. The summed E-state index contributed by atoms with van der Waals surface area (Å²) in [6.45, 7) is 2.50. The van der Waals surface area contributed by atoms with Crippen molar-refractivity contribution in [1.29, 1.82) is 0 Å². The Bertz CT molecular complexity index is 780. The molecule has 0 aliphatic heterocycles. The molecule has 0 aromatic heterocycles. The molecule has 2 aromatic carbocycles. The minimum Gasteiger partial charge on any atom is -0.494 e. The first kappa shape index (κ1) is 19.0. The van der Waals surface area contributed by atoms with Crippen LogP contribution in [-0.2, 0) is 0 Å². The molecule has 27 heavy (non-hydrogen) atoms. The van der Waals surface area contributed by atoms with Gasteiger partial charge in [0.1, 0.15) is 5.75 Å². The lowest BCUT2D eigenvalue weighted by Gasteiger charge is -2.22. The second kappa shape index (κ2) is 9.21. The smallest absolute Gasteiger partial charge is 0.255 e. The molecule has 0 unspecified atom stereocenters. The van der Waals surface area contributed by atoms with Crippen molar-refractivity contribution in [2.75, 3.05) is 11.9 Å². The lowest BCUT2D eigenvalue weighted by atomic mass is 9.95. The molecule has 0 heterocycles. The molecule has 1 aliphatic carbocycles. The van der Waals surface area contributed by atoms with Crippen molar-refractivity contribution < 1.29 is 14.3 Å². The molecule has 1 fully saturated rings. The van der Waals surface area contributed by atoms with Gasteiger partial charge in [-0.25, -0.2) is 0 Å². The maximum atomic E-state index is 12.5. The summed E-state index contributed by atoms with van der Waals surface area (Å²) in [4.78, 5) is 24.9. The number of ether oxygens (including phenoxy) is 1. The second-order valence-corrected chi connectivity index (χ2v) is 6.80. The summed E-state index contributed by atoms with van der Waals surface area (Å²) in [7, 11) is 0. The lowest BCUT2D eigenvalue weighted by Crippen LogP contribution is -2.36. The van der Waals surface area contributed by atoms with Gasteiger partial charge in [-0.05, 0) is 62.2 Å². The first-order valence-corrected chi connectivity index (χ1v) is 9.61. The molecule has 3 rings (SSSR count). The van der Waals surface area contributed by atoms with E-state index in [9.17, 15) is 9.59 Å². The van der Waals surface area contributed by atoms with Gasteiger partial charge in [-0.3, -0.25) is 9.59 Å². The van der Waals surface area contributed by atoms with E-state index in [0.717, 1.165) is 18.6 Å². The van der Waals surface area contributed by atoms with Crippen LogP contribution in [0.4, 0.5) is 5.69 Å². The summed E-state index contributed by atoms with van der Waals surface area (Å²) in [6, 6.07) is 14.3. The van der Waals surface area contributed by atoms with Crippen molar-refractivity contribution in [3.8, 4) is 5.75 Å². The summed E-state index contributed by atoms with van der Waals surface area (Å²) in [6.07, 6.45) is 5.67. The molecule has 1 aliphatic rings. The van der Waals surface area contributed by atoms with Crippen LogP contribution in [0, 0.1) is 0 Å². The molecular weight excluding hydrogens is 340 g/mol. The van der Waals surface area contributed by atoms with E-state index in [1.165, 1.54) is 19.3 Å². The molecule has 0 spiro atoms. The molecule has 0 bridgehead atoms. The number of anilines is 1. The third-order valence-corrected chi connectivity index (χ3v) is 4.75. The van der Waals surface area contributed by atoms with E-state index in [1.807, 2.05) is 6.92 Å². The van der Waals surface area contributed by atoms with E-state index < -0.39 is 0 Å². The molecule has 5 heteroatoms. The maximum absolute atomic E-state index is 12.5. The van der Waals surface area contributed by atoms with E-state index in [2.05, 4.69) is 10.6 Å². The normalized spacial score (nSPS) is 14.4. The van der Waals surface area contributed by atoms with Gasteiger partial charge in [-0.1, -0.05) is 25.3 Å². The predicted molar refractivity (Wildman–Crippen MR) is 106 cm³/mol. The Labute approximate surface area is 160 Å². The van der Waals surface area contributed by atoms with E-state index in [-0.39, 0.29) is 17.9 Å². The highest BCUT2D eigenvalue weighted by Gasteiger charge is 2.17. The van der Waals surface area contributed by atoms with Gasteiger partial charge < -0.3 is 15.4 Å². The zero-order valence-corrected chi connectivity index (χ0v) is 15.7. The number of amides is 2. The Kier molecular flexibility index (Phi) is 6.47. The number of hydrogen-bond acceptors (Lipinski definition) is 3.